The van der Waals surface area contributed by atoms with Crippen LogP contribution in [0.4, 0.5) is 21.9 Å². The molecule has 2 aromatic carbocycles. The van der Waals surface area contributed by atoms with Gasteiger partial charge in [-0.3, -0.25) is 9.40 Å². The molecule has 1 aliphatic rings. The third-order valence-electron chi connectivity index (χ3n) is 4.77. The van der Waals surface area contributed by atoms with Crippen LogP contribution in [0.25, 0.3) is 4.91 Å². The maximum Gasteiger partial charge on any atom is 0.323 e. The van der Waals surface area contributed by atoms with E-state index in [0.717, 1.165) is 10.5 Å². The lowest BCUT2D eigenvalue weighted by Gasteiger charge is -2.23. The molecule has 1 unspecified atom stereocenters. The molecule has 0 spiro atoms. The third-order valence-corrected chi connectivity index (χ3v) is 8.73. The molecule has 1 aromatic heterocycles. The Kier molecular flexibility index (Phi) is 6.01. The predicted molar refractivity (Wildman–Crippen MR) is 125 cm³/mol. The maximum absolute atomic E-state index is 13.1. The molecule has 3 N–H and O–H groups in total. The van der Waals surface area contributed by atoms with Crippen molar-refractivity contribution in [2.45, 2.75) is 11.0 Å². The zero-order chi connectivity index (χ0) is 21.8. The summed E-state index contributed by atoms with van der Waals surface area (Å²) >= 11 is 1.32. The molecule has 31 heavy (non-hydrogen) atoms. The average molecular weight is 456 g/mol. The number of benzene rings is 2. The van der Waals surface area contributed by atoms with Crippen LogP contribution in [0.3, 0.4) is 0 Å². The molecule has 2 amide bonds. The van der Waals surface area contributed by atoms with Gasteiger partial charge in [-0.15, -0.1) is 11.8 Å². The Balaban J connectivity index is 1.38. The number of allylic oxidation sites excluding steroid dienone is 1. The number of urea groups is 1. The molecule has 0 saturated heterocycles. The van der Waals surface area contributed by atoms with Gasteiger partial charge in [0.2, 0.25) is 10.0 Å². The molecule has 1 aliphatic heterocycles. The molecule has 1 atom stereocenters. The number of carbonyl (C=O) groups is 1. The van der Waals surface area contributed by atoms with Crippen LogP contribution in [0.1, 0.15) is 12.0 Å². The van der Waals surface area contributed by atoms with Gasteiger partial charge in [-0.25, -0.2) is 13.2 Å². The summed E-state index contributed by atoms with van der Waals surface area (Å²) in [6.45, 7) is 0. The quantitative estimate of drug-likeness (QED) is 0.513. The summed E-state index contributed by atoms with van der Waals surface area (Å²) in [4.78, 5) is 13.0. The second-order valence-electron chi connectivity index (χ2n) is 6.84. The van der Waals surface area contributed by atoms with E-state index in [2.05, 4.69) is 20.8 Å². The second-order valence-corrected chi connectivity index (χ2v) is 10.5. The van der Waals surface area contributed by atoms with Crippen LogP contribution < -0.4 is 14.9 Å². The first-order valence-electron chi connectivity index (χ1n) is 9.50. The smallest absolute Gasteiger partial charge is 0.308 e. The van der Waals surface area contributed by atoms with Crippen molar-refractivity contribution in [1.82, 2.24) is 10.2 Å². The van der Waals surface area contributed by atoms with E-state index in [-0.39, 0.29) is 6.03 Å². The van der Waals surface area contributed by atoms with E-state index in [1.165, 1.54) is 23.1 Å². The van der Waals surface area contributed by atoms with Gasteiger partial charge >= 0.3 is 6.03 Å². The van der Waals surface area contributed by atoms with Crippen LogP contribution in [-0.2, 0) is 10.0 Å². The van der Waals surface area contributed by atoms with Gasteiger partial charge in [-0.2, -0.15) is 5.10 Å². The number of nitrogens with one attached hydrogen (secondary N) is 3. The van der Waals surface area contributed by atoms with Crippen LogP contribution in [0.15, 0.2) is 73.1 Å². The minimum atomic E-state index is -3.58. The Morgan fingerprint density at radius 3 is 2.42 bits per heavy atom. The van der Waals surface area contributed by atoms with Gasteiger partial charge in [-0.1, -0.05) is 24.3 Å². The van der Waals surface area contributed by atoms with E-state index in [1.807, 2.05) is 24.3 Å². The molecular weight excluding hydrogens is 434 g/mol. The second kappa shape index (κ2) is 8.86. The Bertz CT molecular complexity index is 1180. The standard InChI is InChI=1S/C21H21N5O3S2/c1-26(31(28,29)20-12-11-19(30-20)15-13-22-23-14-15)18-9-7-17(8-10-18)25-21(27)24-16-5-3-2-4-6-16/h2-11,13-14,20H,12H2,1H3,(H,22,23)(H2,24,25,27). The molecule has 3 aromatic rings. The number of rotatable bonds is 6. The van der Waals surface area contributed by atoms with Gasteiger partial charge in [0, 0.05) is 35.1 Å². The van der Waals surface area contributed by atoms with E-state index >= 15 is 0 Å². The lowest BCUT2D eigenvalue weighted by atomic mass is 10.3. The molecule has 0 aliphatic carbocycles. The zero-order valence-electron chi connectivity index (χ0n) is 16.6. The van der Waals surface area contributed by atoms with Crippen molar-refractivity contribution < 1.29 is 13.2 Å². The minimum Gasteiger partial charge on any atom is -0.308 e. The van der Waals surface area contributed by atoms with E-state index in [4.69, 9.17) is 0 Å². The van der Waals surface area contributed by atoms with Crippen molar-refractivity contribution in [2.24, 2.45) is 0 Å². The molecule has 2 heterocycles. The number of nitrogens with zero attached hydrogens (tertiary/aromatic N) is 2. The molecule has 0 fully saturated rings. The number of aromatic amines is 1. The first-order chi connectivity index (χ1) is 14.9. The maximum atomic E-state index is 13.1. The predicted octanol–water partition coefficient (Wildman–Crippen LogP) is 4.32. The molecule has 0 bridgehead atoms. The summed E-state index contributed by atoms with van der Waals surface area (Å²) in [6, 6.07) is 15.4. The third kappa shape index (κ3) is 4.75. The monoisotopic (exact) mass is 455 g/mol. The normalized spacial score (nSPS) is 15.9. The fraction of sp³-hybridized carbons (Fsp3) is 0.143. The number of sulfonamides is 1. The van der Waals surface area contributed by atoms with Gasteiger partial charge in [0.25, 0.3) is 0 Å². The number of thioether (sulfide) groups is 1. The molecule has 4 rings (SSSR count). The number of aromatic nitrogens is 2. The Labute approximate surface area is 184 Å². The first-order valence-corrected chi connectivity index (χ1v) is 11.9. The molecule has 160 valence electrons. The summed E-state index contributed by atoms with van der Waals surface area (Å²) in [5, 5.41) is 12.1. The molecule has 0 saturated carbocycles. The summed E-state index contributed by atoms with van der Waals surface area (Å²) in [5.41, 5.74) is 2.64. The van der Waals surface area contributed by atoms with E-state index in [1.54, 1.807) is 48.8 Å². The summed E-state index contributed by atoms with van der Waals surface area (Å²) in [7, 11) is -2.04. The van der Waals surface area contributed by atoms with Crippen molar-refractivity contribution in [1.29, 1.82) is 0 Å². The lowest BCUT2D eigenvalue weighted by molar-refractivity contribution is 0.262. The largest absolute Gasteiger partial charge is 0.323 e. The van der Waals surface area contributed by atoms with Gasteiger partial charge < -0.3 is 10.6 Å². The molecule has 8 nitrogen and oxygen atoms in total. The van der Waals surface area contributed by atoms with Gasteiger partial charge in [-0.05, 0) is 42.8 Å². The Morgan fingerprint density at radius 1 is 1.10 bits per heavy atom. The summed E-state index contributed by atoms with van der Waals surface area (Å²) in [6.07, 6.45) is 5.77. The van der Waals surface area contributed by atoms with Crippen molar-refractivity contribution in [3.63, 3.8) is 0 Å². The fourth-order valence-electron chi connectivity index (χ4n) is 3.09. The van der Waals surface area contributed by atoms with Crippen LogP contribution >= 0.6 is 11.8 Å². The number of para-hydroxylation sites is 1. The number of amides is 2. The molecule has 0 radical (unpaired) electrons. The molecular formula is C21H21N5O3S2. The molecule has 10 heteroatoms. The fourth-order valence-corrected chi connectivity index (χ4v) is 6.30. The van der Waals surface area contributed by atoms with Crippen LogP contribution in [0.5, 0.6) is 0 Å². The SMILES string of the molecule is CN(c1ccc(NC(=O)Nc2ccccc2)cc1)S(=O)(=O)C1CC=C(c2cn[nH]c2)S1. The highest BCUT2D eigenvalue weighted by molar-refractivity contribution is 8.19. The van der Waals surface area contributed by atoms with E-state index < -0.39 is 14.6 Å². The zero-order valence-corrected chi connectivity index (χ0v) is 18.3. The first kappa shape index (κ1) is 21.0. The highest BCUT2D eigenvalue weighted by Crippen LogP contribution is 2.42. The minimum absolute atomic E-state index is 0.375. The van der Waals surface area contributed by atoms with Crippen molar-refractivity contribution in [3.05, 3.63) is 78.6 Å². The summed E-state index contributed by atoms with van der Waals surface area (Å²) in [5.74, 6) is 0. The summed E-state index contributed by atoms with van der Waals surface area (Å²) < 4.78 is 26.8. The van der Waals surface area contributed by atoms with Crippen molar-refractivity contribution >= 4 is 49.8 Å². The Morgan fingerprint density at radius 2 is 1.77 bits per heavy atom. The van der Waals surface area contributed by atoms with Crippen LogP contribution in [0, 0.1) is 0 Å². The number of hydrogen-bond acceptors (Lipinski definition) is 5. The average Bonchev–Trinajstić information content (AvgIpc) is 3.46. The lowest BCUT2D eigenvalue weighted by Crippen LogP contribution is -2.33. The number of anilines is 3. The topological polar surface area (TPSA) is 107 Å². The van der Waals surface area contributed by atoms with Crippen LogP contribution in [-0.4, -0.2) is 36.3 Å². The van der Waals surface area contributed by atoms with E-state index in [0.29, 0.717) is 23.5 Å². The van der Waals surface area contributed by atoms with Crippen LogP contribution in [0.2, 0.25) is 0 Å². The number of carbonyl (C=O) groups excluding carboxylic acids is 1. The van der Waals surface area contributed by atoms with Crippen molar-refractivity contribution in [2.75, 3.05) is 22.0 Å². The van der Waals surface area contributed by atoms with E-state index in [9.17, 15) is 13.2 Å². The van der Waals surface area contributed by atoms with Gasteiger partial charge in [0.1, 0.15) is 4.58 Å². The van der Waals surface area contributed by atoms with Gasteiger partial charge in [0.05, 0.1) is 11.9 Å². The van der Waals surface area contributed by atoms with Gasteiger partial charge in [0.15, 0.2) is 0 Å². The highest BCUT2D eigenvalue weighted by Gasteiger charge is 2.34. The number of H-pyrrole nitrogens is 1. The highest BCUT2D eigenvalue weighted by atomic mass is 32.3. The Hall–Kier alpha value is -3.24. The van der Waals surface area contributed by atoms with Crippen molar-refractivity contribution in [3.8, 4) is 0 Å². The number of hydrogen-bond donors (Lipinski definition) is 3.